The molecule has 0 aliphatic carbocycles. The van der Waals surface area contributed by atoms with Gasteiger partial charge in [-0.2, -0.15) is 0 Å². The molecule has 0 aliphatic heterocycles. The van der Waals surface area contributed by atoms with Gasteiger partial charge in [-0.05, 0) is 12.1 Å². The van der Waals surface area contributed by atoms with E-state index in [-0.39, 0.29) is 0 Å². The number of aryl methyl sites for hydroxylation is 1. The summed E-state index contributed by atoms with van der Waals surface area (Å²) in [4.78, 5) is 0. The van der Waals surface area contributed by atoms with Crippen LogP contribution in [-0.2, 0) is 0 Å². The second kappa shape index (κ2) is 4.13. The van der Waals surface area contributed by atoms with Crippen LogP contribution in [0, 0.1) is 6.92 Å². The molecule has 0 saturated carbocycles. The van der Waals surface area contributed by atoms with Crippen LogP contribution >= 0.6 is 23.2 Å². The van der Waals surface area contributed by atoms with Gasteiger partial charge in [-0.3, -0.25) is 0 Å². The molecule has 0 bridgehead atoms. The van der Waals surface area contributed by atoms with E-state index in [1.54, 1.807) is 25.1 Å². The van der Waals surface area contributed by atoms with Gasteiger partial charge in [0.2, 0.25) is 0 Å². The standard InChI is InChI=1S/C10H7Cl2NO2/c1-6-9(5-13-15-6)14-8-4-2-3-7(11)10(8)12/h2-5H,1H3. The second-order valence-electron chi connectivity index (χ2n) is 2.90. The maximum atomic E-state index is 5.95. The molecule has 0 radical (unpaired) electrons. The molecule has 1 aromatic carbocycles. The Morgan fingerprint density at radius 2 is 2.07 bits per heavy atom. The van der Waals surface area contributed by atoms with Crippen molar-refractivity contribution in [2.45, 2.75) is 6.92 Å². The Balaban J connectivity index is 2.33. The minimum absolute atomic E-state index is 0.375. The van der Waals surface area contributed by atoms with Crippen molar-refractivity contribution >= 4 is 23.2 Å². The summed E-state index contributed by atoms with van der Waals surface area (Å²) in [6.45, 7) is 1.75. The van der Waals surface area contributed by atoms with Gasteiger partial charge in [-0.15, -0.1) is 0 Å². The van der Waals surface area contributed by atoms with Gasteiger partial charge in [-0.1, -0.05) is 34.4 Å². The lowest BCUT2D eigenvalue weighted by Gasteiger charge is -2.05. The highest BCUT2D eigenvalue weighted by Crippen LogP contribution is 2.35. The molecule has 0 N–H and O–H groups in total. The van der Waals surface area contributed by atoms with E-state index in [0.717, 1.165) is 0 Å². The molecule has 0 fully saturated rings. The smallest absolute Gasteiger partial charge is 0.189 e. The highest BCUT2D eigenvalue weighted by atomic mass is 35.5. The quantitative estimate of drug-likeness (QED) is 0.798. The van der Waals surface area contributed by atoms with Crippen molar-refractivity contribution in [3.63, 3.8) is 0 Å². The molecule has 5 heteroatoms. The van der Waals surface area contributed by atoms with E-state index in [4.69, 9.17) is 32.5 Å². The Hall–Kier alpha value is -1.19. The number of nitrogens with zero attached hydrogens (tertiary/aromatic N) is 1. The van der Waals surface area contributed by atoms with Crippen LogP contribution in [-0.4, -0.2) is 5.16 Å². The highest BCUT2D eigenvalue weighted by Gasteiger charge is 2.10. The number of hydrogen-bond donors (Lipinski definition) is 0. The van der Waals surface area contributed by atoms with Crippen LogP contribution in [0.5, 0.6) is 11.5 Å². The third kappa shape index (κ3) is 2.08. The fraction of sp³-hybridized carbons (Fsp3) is 0.100. The van der Waals surface area contributed by atoms with Crippen molar-refractivity contribution in [3.8, 4) is 11.5 Å². The third-order valence-electron chi connectivity index (χ3n) is 1.84. The van der Waals surface area contributed by atoms with E-state index in [2.05, 4.69) is 5.16 Å². The van der Waals surface area contributed by atoms with E-state index >= 15 is 0 Å². The van der Waals surface area contributed by atoms with Crippen LogP contribution in [0.4, 0.5) is 0 Å². The zero-order valence-corrected chi connectivity index (χ0v) is 9.34. The van der Waals surface area contributed by atoms with Crippen LogP contribution in [0.15, 0.2) is 28.9 Å². The lowest BCUT2D eigenvalue weighted by Crippen LogP contribution is -1.85. The summed E-state index contributed by atoms with van der Waals surface area (Å²) >= 11 is 11.8. The average molecular weight is 244 g/mol. The Kier molecular flexibility index (Phi) is 2.84. The van der Waals surface area contributed by atoms with Crippen LogP contribution in [0.2, 0.25) is 10.0 Å². The molecule has 78 valence electrons. The third-order valence-corrected chi connectivity index (χ3v) is 2.64. The SMILES string of the molecule is Cc1oncc1Oc1cccc(Cl)c1Cl. The van der Waals surface area contributed by atoms with Gasteiger partial charge in [0.25, 0.3) is 0 Å². The molecule has 15 heavy (non-hydrogen) atoms. The zero-order chi connectivity index (χ0) is 10.8. The Morgan fingerprint density at radius 1 is 1.27 bits per heavy atom. The number of hydrogen-bond acceptors (Lipinski definition) is 3. The number of benzene rings is 1. The fourth-order valence-corrected chi connectivity index (χ4v) is 1.40. The molecule has 0 aliphatic rings. The summed E-state index contributed by atoms with van der Waals surface area (Å²) < 4.78 is 10.3. The zero-order valence-electron chi connectivity index (χ0n) is 7.83. The minimum Gasteiger partial charge on any atom is -0.450 e. The lowest BCUT2D eigenvalue weighted by molar-refractivity contribution is 0.386. The van der Waals surface area contributed by atoms with E-state index < -0.39 is 0 Å². The van der Waals surface area contributed by atoms with Gasteiger partial charge in [0.05, 0.1) is 5.02 Å². The van der Waals surface area contributed by atoms with Gasteiger partial charge in [0, 0.05) is 6.92 Å². The molecule has 0 amide bonds. The molecule has 0 spiro atoms. The summed E-state index contributed by atoms with van der Waals surface area (Å²) in [5.41, 5.74) is 0. The van der Waals surface area contributed by atoms with Crippen LogP contribution < -0.4 is 4.74 Å². The van der Waals surface area contributed by atoms with Crippen molar-refractivity contribution in [1.29, 1.82) is 0 Å². The molecule has 3 nitrogen and oxygen atoms in total. The van der Waals surface area contributed by atoms with E-state index in [0.29, 0.717) is 27.3 Å². The van der Waals surface area contributed by atoms with Gasteiger partial charge in [0.1, 0.15) is 17.0 Å². The topological polar surface area (TPSA) is 35.3 Å². The monoisotopic (exact) mass is 243 g/mol. The van der Waals surface area contributed by atoms with Crippen molar-refractivity contribution in [3.05, 3.63) is 40.2 Å². The summed E-state index contributed by atoms with van der Waals surface area (Å²) in [6.07, 6.45) is 1.48. The first-order valence-electron chi connectivity index (χ1n) is 4.21. The predicted molar refractivity (Wildman–Crippen MR) is 57.8 cm³/mol. The van der Waals surface area contributed by atoms with Crippen LogP contribution in [0.3, 0.4) is 0 Å². The van der Waals surface area contributed by atoms with Gasteiger partial charge < -0.3 is 9.26 Å². The lowest BCUT2D eigenvalue weighted by atomic mass is 10.3. The summed E-state index contributed by atoms with van der Waals surface area (Å²) in [7, 11) is 0. The molecular formula is C10H7Cl2NO2. The first-order valence-corrected chi connectivity index (χ1v) is 4.97. The largest absolute Gasteiger partial charge is 0.450 e. The second-order valence-corrected chi connectivity index (χ2v) is 3.69. The van der Waals surface area contributed by atoms with E-state index in [1.807, 2.05) is 0 Å². The molecule has 0 saturated heterocycles. The molecular weight excluding hydrogens is 237 g/mol. The molecule has 0 unspecified atom stereocenters. The average Bonchev–Trinajstić information content (AvgIpc) is 2.60. The highest BCUT2D eigenvalue weighted by molar-refractivity contribution is 6.42. The van der Waals surface area contributed by atoms with Gasteiger partial charge in [0.15, 0.2) is 11.5 Å². The summed E-state index contributed by atoms with van der Waals surface area (Å²) in [5.74, 6) is 1.60. The van der Waals surface area contributed by atoms with Crippen LogP contribution in [0.25, 0.3) is 0 Å². The Labute approximate surface area is 96.5 Å². The summed E-state index contributed by atoms with van der Waals surface area (Å²) in [6, 6.07) is 5.17. The van der Waals surface area contributed by atoms with Crippen molar-refractivity contribution in [2.24, 2.45) is 0 Å². The molecule has 2 rings (SSSR count). The van der Waals surface area contributed by atoms with Crippen molar-refractivity contribution in [1.82, 2.24) is 5.16 Å². The summed E-state index contributed by atoms with van der Waals surface area (Å²) in [5, 5.41) is 4.42. The van der Waals surface area contributed by atoms with E-state index in [9.17, 15) is 0 Å². The minimum atomic E-state index is 0.375. The molecule has 2 aromatic rings. The normalized spacial score (nSPS) is 10.3. The van der Waals surface area contributed by atoms with Crippen LogP contribution in [0.1, 0.15) is 5.76 Å². The number of halogens is 2. The molecule has 0 atom stereocenters. The predicted octanol–water partition coefficient (Wildman–Crippen LogP) is 4.08. The van der Waals surface area contributed by atoms with Gasteiger partial charge >= 0.3 is 0 Å². The number of rotatable bonds is 2. The van der Waals surface area contributed by atoms with E-state index in [1.165, 1.54) is 6.20 Å². The first-order chi connectivity index (χ1) is 7.18. The number of ether oxygens (including phenoxy) is 1. The Bertz CT molecular complexity index is 482. The number of aromatic nitrogens is 1. The maximum Gasteiger partial charge on any atom is 0.189 e. The fourth-order valence-electron chi connectivity index (χ4n) is 1.07. The maximum absolute atomic E-state index is 5.95. The Morgan fingerprint density at radius 3 is 2.73 bits per heavy atom. The molecule has 1 aromatic heterocycles. The van der Waals surface area contributed by atoms with Gasteiger partial charge in [-0.25, -0.2) is 0 Å². The first kappa shape index (κ1) is 10.3. The van der Waals surface area contributed by atoms with Crippen molar-refractivity contribution < 1.29 is 9.26 Å². The van der Waals surface area contributed by atoms with Crippen molar-refractivity contribution in [2.75, 3.05) is 0 Å². The molecule has 1 heterocycles.